The van der Waals surface area contributed by atoms with Crippen molar-refractivity contribution < 1.29 is 19.0 Å². The molecule has 27 heavy (non-hydrogen) atoms. The largest absolute Gasteiger partial charge is 0.493 e. The number of carbonyl (C=O) groups is 1. The Hall–Kier alpha value is -1.89. The highest BCUT2D eigenvalue weighted by atomic mass is 79.9. The smallest absolute Gasteiger partial charge is 0.154 e. The van der Waals surface area contributed by atoms with Gasteiger partial charge in [-0.25, -0.2) is 0 Å². The molecule has 2 aromatic rings. The average Bonchev–Trinajstić information content (AvgIpc) is 2.69. The van der Waals surface area contributed by atoms with Crippen LogP contribution in [-0.2, 0) is 11.3 Å². The van der Waals surface area contributed by atoms with Gasteiger partial charge in [0.1, 0.15) is 18.1 Å². The number of hydrogen-bond acceptors (Lipinski definition) is 5. The third kappa shape index (κ3) is 5.09. The molecular weight excluding hydrogens is 410 g/mol. The lowest BCUT2D eigenvalue weighted by Crippen LogP contribution is -2.48. The molecule has 5 nitrogen and oxygen atoms in total. The van der Waals surface area contributed by atoms with Gasteiger partial charge in [-0.2, -0.15) is 0 Å². The van der Waals surface area contributed by atoms with Crippen molar-refractivity contribution in [1.29, 1.82) is 0 Å². The fourth-order valence-corrected chi connectivity index (χ4v) is 3.56. The summed E-state index contributed by atoms with van der Waals surface area (Å²) in [5.74, 6) is 1.45. The Morgan fingerprint density at radius 2 is 2.00 bits per heavy atom. The van der Waals surface area contributed by atoms with E-state index in [0.29, 0.717) is 44.3 Å². The van der Waals surface area contributed by atoms with E-state index in [4.69, 9.17) is 14.2 Å². The molecule has 0 bridgehead atoms. The van der Waals surface area contributed by atoms with Crippen LogP contribution < -0.4 is 9.47 Å². The highest BCUT2D eigenvalue weighted by molar-refractivity contribution is 9.10. The monoisotopic (exact) mass is 433 g/mol. The fraction of sp³-hybridized carbons (Fsp3) is 0.381. The SMILES string of the molecule is CCOc1cccc(CN2CCOC[C@H]2COc2ccccc2Br)c1C=O. The Morgan fingerprint density at radius 3 is 2.78 bits per heavy atom. The maximum absolute atomic E-state index is 11.6. The summed E-state index contributed by atoms with van der Waals surface area (Å²) in [6.45, 7) is 5.69. The Labute approximate surface area is 168 Å². The van der Waals surface area contributed by atoms with Gasteiger partial charge in [-0.15, -0.1) is 0 Å². The highest BCUT2D eigenvalue weighted by Gasteiger charge is 2.25. The molecule has 1 fully saturated rings. The number of benzene rings is 2. The molecule has 0 radical (unpaired) electrons. The molecule has 2 aromatic carbocycles. The summed E-state index contributed by atoms with van der Waals surface area (Å²) in [5.41, 5.74) is 1.58. The lowest BCUT2D eigenvalue weighted by molar-refractivity contribution is -0.0275. The Balaban J connectivity index is 1.71. The van der Waals surface area contributed by atoms with Crippen LogP contribution in [0.5, 0.6) is 11.5 Å². The van der Waals surface area contributed by atoms with Gasteiger partial charge in [-0.05, 0) is 46.6 Å². The molecule has 0 amide bonds. The van der Waals surface area contributed by atoms with Crippen LogP contribution in [0.15, 0.2) is 46.9 Å². The second-order valence-electron chi connectivity index (χ2n) is 6.32. The molecule has 1 saturated heterocycles. The summed E-state index contributed by atoms with van der Waals surface area (Å²) in [5, 5.41) is 0. The number of hydrogen-bond donors (Lipinski definition) is 0. The van der Waals surface area contributed by atoms with E-state index in [2.05, 4.69) is 20.8 Å². The number of halogens is 1. The van der Waals surface area contributed by atoms with Crippen molar-refractivity contribution in [3.63, 3.8) is 0 Å². The zero-order chi connectivity index (χ0) is 19.1. The molecule has 0 N–H and O–H groups in total. The quantitative estimate of drug-likeness (QED) is 0.590. The van der Waals surface area contributed by atoms with Crippen molar-refractivity contribution in [1.82, 2.24) is 4.90 Å². The van der Waals surface area contributed by atoms with Crippen LogP contribution in [0.3, 0.4) is 0 Å². The fourth-order valence-electron chi connectivity index (χ4n) is 3.16. The Morgan fingerprint density at radius 1 is 1.19 bits per heavy atom. The molecule has 3 rings (SSSR count). The van der Waals surface area contributed by atoms with Crippen molar-refractivity contribution in [2.24, 2.45) is 0 Å². The minimum atomic E-state index is 0.112. The molecule has 0 aliphatic carbocycles. The molecule has 1 aliphatic rings. The minimum Gasteiger partial charge on any atom is -0.493 e. The standard InChI is InChI=1S/C21H24BrNO4/c1-2-26-20-9-5-6-16(18(20)13-24)12-23-10-11-25-14-17(23)15-27-21-8-4-3-7-19(21)22/h3-9,13,17H,2,10-12,14-15H2,1H3/t17-/m0/s1. The van der Waals surface area contributed by atoms with Gasteiger partial charge in [-0.1, -0.05) is 24.3 Å². The van der Waals surface area contributed by atoms with E-state index in [1.165, 1.54) is 0 Å². The normalized spacial score (nSPS) is 17.5. The Bertz CT molecular complexity index is 768. The van der Waals surface area contributed by atoms with Gasteiger partial charge in [0.15, 0.2) is 6.29 Å². The Kier molecular flexibility index (Phi) is 7.26. The first-order valence-electron chi connectivity index (χ1n) is 9.12. The van der Waals surface area contributed by atoms with Crippen molar-refractivity contribution in [3.05, 3.63) is 58.1 Å². The van der Waals surface area contributed by atoms with Crippen molar-refractivity contribution in [2.45, 2.75) is 19.5 Å². The number of nitrogens with zero attached hydrogens (tertiary/aromatic N) is 1. The molecule has 1 aliphatic heterocycles. The summed E-state index contributed by atoms with van der Waals surface area (Å²) in [6.07, 6.45) is 0.882. The third-order valence-electron chi connectivity index (χ3n) is 4.56. The molecule has 0 aromatic heterocycles. The maximum atomic E-state index is 11.6. The van der Waals surface area contributed by atoms with Crippen LogP contribution in [0.1, 0.15) is 22.8 Å². The van der Waals surface area contributed by atoms with Crippen molar-refractivity contribution in [2.75, 3.05) is 33.0 Å². The number of ether oxygens (including phenoxy) is 3. The number of aldehydes is 1. The minimum absolute atomic E-state index is 0.112. The summed E-state index contributed by atoms with van der Waals surface area (Å²) in [6, 6.07) is 13.7. The van der Waals surface area contributed by atoms with Crippen LogP contribution >= 0.6 is 15.9 Å². The van der Waals surface area contributed by atoms with E-state index in [0.717, 1.165) is 28.6 Å². The van der Waals surface area contributed by atoms with Crippen LogP contribution in [0.2, 0.25) is 0 Å². The molecule has 0 spiro atoms. The first kappa shape index (κ1) is 19.9. The molecule has 6 heteroatoms. The average molecular weight is 434 g/mol. The summed E-state index contributed by atoms with van der Waals surface area (Å²) >= 11 is 3.51. The van der Waals surface area contributed by atoms with Crippen LogP contribution in [0.4, 0.5) is 0 Å². The maximum Gasteiger partial charge on any atom is 0.154 e. The lowest BCUT2D eigenvalue weighted by atomic mass is 10.1. The van der Waals surface area contributed by atoms with Crippen LogP contribution in [0.25, 0.3) is 0 Å². The first-order chi connectivity index (χ1) is 13.2. The van der Waals surface area contributed by atoms with Crippen LogP contribution in [0, 0.1) is 0 Å². The van der Waals surface area contributed by atoms with Gasteiger partial charge in [0, 0.05) is 13.1 Å². The molecule has 144 valence electrons. The highest BCUT2D eigenvalue weighted by Crippen LogP contribution is 2.26. The predicted octanol–water partition coefficient (Wildman–Crippen LogP) is 3.94. The van der Waals surface area contributed by atoms with E-state index >= 15 is 0 Å². The van der Waals surface area contributed by atoms with E-state index < -0.39 is 0 Å². The van der Waals surface area contributed by atoms with Gasteiger partial charge in [0.05, 0.1) is 35.9 Å². The van der Waals surface area contributed by atoms with E-state index in [9.17, 15) is 4.79 Å². The number of para-hydroxylation sites is 1. The third-order valence-corrected chi connectivity index (χ3v) is 5.22. The topological polar surface area (TPSA) is 48.0 Å². The second-order valence-corrected chi connectivity index (χ2v) is 7.17. The van der Waals surface area contributed by atoms with Gasteiger partial charge >= 0.3 is 0 Å². The summed E-state index contributed by atoms with van der Waals surface area (Å²) < 4.78 is 18.2. The van der Waals surface area contributed by atoms with E-state index in [-0.39, 0.29) is 6.04 Å². The molecular formula is C21H24BrNO4. The second kappa shape index (κ2) is 9.88. The predicted molar refractivity (Wildman–Crippen MR) is 108 cm³/mol. The zero-order valence-electron chi connectivity index (χ0n) is 15.4. The van der Waals surface area contributed by atoms with Gasteiger partial charge in [-0.3, -0.25) is 9.69 Å². The first-order valence-corrected chi connectivity index (χ1v) is 9.91. The summed E-state index contributed by atoms with van der Waals surface area (Å²) in [7, 11) is 0. The number of morpholine rings is 1. The molecule has 1 atom stereocenters. The number of carbonyl (C=O) groups excluding carboxylic acids is 1. The molecule has 0 saturated carbocycles. The molecule has 1 heterocycles. The van der Waals surface area contributed by atoms with Crippen LogP contribution in [-0.4, -0.2) is 50.2 Å². The van der Waals surface area contributed by atoms with Gasteiger partial charge in [0.2, 0.25) is 0 Å². The zero-order valence-corrected chi connectivity index (χ0v) is 17.0. The summed E-state index contributed by atoms with van der Waals surface area (Å²) in [4.78, 5) is 13.9. The van der Waals surface area contributed by atoms with Gasteiger partial charge < -0.3 is 14.2 Å². The lowest BCUT2D eigenvalue weighted by Gasteiger charge is -2.35. The molecule has 0 unspecified atom stereocenters. The number of rotatable bonds is 8. The van der Waals surface area contributed by atoms with Gasteiger partial charge in [0.25, 0.3) is 0 Å². The van der Waals surface area contributed by atoms with Crippen molar-refractivity contribution in [3.8, 4) is 11.5 Å². The van der Waals surface area contributed by atoms with E-state index in [1.807, 2.05) is 49.4 Å². The van der Waals surface area contributed by atoms with E-state index in [1.54, 1.807) is 0 Å². The van der Waals surface area contributed by atoms with Crippen molar-refractivity contribution >= 4 is 22.2 Å².